The van der Waals surface area contributed by atoms with E-state index in [-0.39, 0.29) is 37.2 Å². The lowest BCUT2D eigenvalue weighted by Gasteiger charge is -2.36. The van der Waals surface area contributed by atoms with Gasteiger partial charge in [0.25, 0.3) is 0 Å². The predicted molar refractivity (Wildman–Crippen MR) is 115 cm³/mol. The first-order valence-electron chi connectivity index (χ1n) is 10.6. The second-order valence-corrected chi connectivity index (χ2v) is 8.77. The molecule has 1 unspecified atom stereocenters. The standard InChI is InChI=1S/C23H27F3N2O2S/c1-2-3-7-19-18-11-13-31-20(18)10-12-28(19)22(30)9-8-21(29)27-15-16-5-4-6-17(14-16)23(24,25)26/h4-6,11,13-14,19H,2-3,7-10,12,15H2,1H3,(H,27,29). The highest BCUT2D eigenvalue weighted by atomic mass is 32.1. The van der Waals surface area contributed by atoms with Gasteiger partial charge in [0.15, 0.2) is 0 Å². The van der Waals surface area contributed by atoms with Crippen LogP contribution in [0.3, 0.4) is 0 Å². The molecule has 0 bridgehead atoms. The number of thiophene rings is 1. The average molecular weight is 453 g/mol. The van der Waals surface area contributed by atoms with Crippen LogP contribution in [0.4, 0.5) is 13.2 Å². The van der Waals surface area contributed by atoms with Crippen LogP contribution in [0.25, 0.3) is 0 Å². The summed E-state index contributed by atoms with van der Waals surface area (Å²) < 4.78 is 38.4. The SMILES string of the molecule is CCCCC1c2ccsc2CCN1C(=O)CCC(=O)NCc1cccc(C(F)(F)F)c1. The quantitative estimate of drug-likeness (QED) is 0.577. The second kappa shape index (κ2) is 10.3. The van der Waals surface area contributed by atoms with Gasteiger partial charge in [0.2, 0.25) is 11.8 Å². The number of hydrogen-bond acceptors (Lipinski definition) is 3. The summed E-state index contributed by atoms with van der Waals surface area (Å²) in [5.74, 6) is -0.392. The number of benzene rings is 1. The van der Waals surface area contributed by atoms with Crippen LogP contribution < -0.4 is 5.32 Å². The Kier molecular flexibility index (Phi) is 7.75. The van der Waals surface area contributed by atoms with Crippen molar-refractivity contribution in [3.05, 3.63) is 57.3 Å². The molecule has 31 heavy (non-hydrogen) atoms. The maximum absolute atomic E-state index is 12.9. The second-order valence-electron chi connectivity index (χ2n) is 7.77. The number of amides is 2. The van der Waals surface area contributed by atoms with E-state index in [9.17, 15) is 22.8 Å². The third-order valence-corrected chi connectivity index (χ3v) is 6.55. The van der Waals surface area contributed by atoms with Gasteiger partial charge in [-0.1, -0.05) is 31.9 Å². The number of alkyl halides is 3. The third kappa shape index (κ3) is 6.09. The Morgan fingerprint density at radius 1 is 1.23 bits per heavy atom. The maximum Gasteiger partial charge on any atom is 0.416 e. The van der Waals surface area contributed by atoms with Crippen molar-refractivity contribution in [2.75, 3.05) is 6.54 Å². The zero-order valence-corrected chi connectivity index (χ0v) is 18.3. The van der Waals surface area contributed by atoms with E-state index in [1.54, 1.807) is 11.3 Å². The molecular weight excluding hydrogens is 425 g/mol. The van der Waals surface area contributed by atoms with Crippen molar-refractivity contribution in [2.45, 2.75) is 64.2 Å². The number of nitrogens with one attached hydrogen (secondary N) is 1. The van der Waals surface area contributed by atoms with Gasteiger partial charge in [-0.3, -0.25) is 9.59 Å². The Hall–Kier alpha value is -2.35. The zero-order chi connectivity index (χ0) is 22.4. The number of hydrogen-bond donors (Lipinski definition) is 1. The smallest absolute Gasteiger partial charge is 0.352 e. The molecule has 0 spiro atoms. The van der Waals surface area contributed by atoms with Gasteiger partial charge in [0, 0.05) is 30.8 Å². The summed E-state index contributed by atoms with van der Waals surface area (Å²) in [7, 11) is 0. The van der Waals surface area contributed by atoms with Crippen LogP contribution in [0.15, 0.2) is 35.7 Å². The number of nitrogens with zero attached hydrogens (tertiary/aromatic N) is 1. The summed E-state index contributed by atoms with van der Waals surface area (Å²) in [6.45, 7) is 2.78. The number of carbonyl (C=O) groups is 2. The summed E-state index contributed by atoms with van der Waals surface area (Å²) in [6.07, 6.45) is -0.479. The highest BCUT2D eigenvalue weighted by Crippen LogP contribution is 2.36. The molecule has 2 aromatic rings. The van der Waals surface area contributed by atoms with E-state index >= 15 is 0 Å². The van der Waals surface area contributed by atoms with Gasteiger partial charge in [-0.05, 0) is 47.5 Å². The van der Waals surface area contributed by atoms with Crippen molar-refractivity contribution in [1.29, 1.82) is 0 Å². The molecule has 0 fully saturated rings. The highest BCUT2D eigenvalue weighted by molar-refractivity contribution is 7.10. The van der Waals surface area contributed by atoms with E-state index in [4.69, 9.17) is 0 Å². The largest absolute Gasteiger partial charge is 0.416 e. The van der Waals surface area contributed by atoms with Crippen LogP contribution in [0.2, 0.25) is 0 Å². The number of unbranched alkanes of at least 4 members (excludes halogenated alkanes) is 1. The zero-order valence-electron chi connectivity index (χ0n) is 17.5. The highest BCUT2D eigenvalue weighted by Gasteiger charge is 2.31. The van der Waals surface area contributed by atoms with Gasteiger partial charge in [-0.15, -0.1) is 11.3 Å². The van der Waals surface area contributed by atoms with E-state index in [1.807, 2.05) is 4.90 Å². The average Bonchev–Trinajstić information content (AvgIpc) is 3.23. The Balaban J connectivity index is 1.52. The summed E-state index contributed by atoms with van der Waals surface area (Å²) in [6, 6.07) is 7.04. The van der Waals surface area contributed by atoms with Crippen molar-refractivity contribution in [2.24, 2.45) is 0 Å². The lowest BCUT2D eigenvalue weighted by atomic mass is 9.95. The fourth-order valence-electron chi connectivity index (χ4n) is 3.91. The lowest BCUT2D eigenvalue weighted by molar-refractivity contribution is -0.137. The van der Waals surface area contributed by atoms with Crippen LogP contribution >= 0.6 is 11.3 Å². The molecule has 0 aliphatic carbocycles. The van der Waals surface area contributed by atoms with E-state index in [2.05, 4.69) is 23.7 Å². The monoisotopic (exact) mass is 452 g/mol. The summed E-state index contributed by atoms with van der Waals surface area (Å²) >= 11 is 1.73. The van der Waals surface area contributed by atoms with Crippen LogP contribution in [-0.4, -0.2) is 23.3 Å². The minimum absolute atomic E-state index is 0.00194. The first-order chi connectivity index (χ1) is 14.8. The molecule has 3 rings (SSSR count). The van der Waals surface area contributed by atoms with Crippen LogP contribution in [0.5, 0.6) is 0 Å². The molecule has 1 N–H and O–H groups in total. The van der Waals surface area contributed by atoms with Gasteiger partial charge < -0.3 is 10.2 Å². The number of fused-ring (bicyclic) bond motifs is 1. The first kappa shape index (κ1) is 23.3. The minimum Gasteiger partial charge on any atom is -0.352 e. The molecular formula is C23H27F3N2O2S. The van der Waals surface area contributed by atoms with Crippen molar-refractivity contribution in [3.63, 3.8) is 0 Å². The van der Waals surface area contributed by atoms with Crippen molar-refractivity contribution >= 4 is 23.2 Å². The molecule has 0 saturated carbocycles. The topological polar surface area (TPSA) is 49.4 Å². The van der Waals surface area contributed by atoms with Crippen LogP contribution in [0, 0.1) is 0 Å². The van der Waals surface area contributed by atoms with Gasteiger partial charge >= 0.3 is 6.18 Å². The molecule has 1 atom stereocenters. The van der Waals surface area contributed by atoms with Crippen molar-refractivity contribution in [3.8, 4) is 0 Å². The van der Waals surface area contributed by atoms with E-state index < -0.39 is 11.7 Å². The molecule has 0 saturated heterocycles. The molecule has 168 valence electrons. The van der Waals surface area contributed by atoms with Crippen LogP contribution in [0.1, 0.15) is 66.6 Å². The molecule has 2 heterocycles. The Bertz CT molecular complexity index is 910. The van der Waals surface area contributed by atoms with Gasteiger partial charge in [0.05, 0.1) is 11.6 Å². The lowest BCUT2D eigenvalue weighted by Crippen LogP contribution is -2.40. The van der Waals surface area contributed by atoms with Gasteiger partial charge in [0.1, 0.15) is 0 Å². The fraction of sp³-hybridized carbons (Fsp3) is 0.478. The molecule has 4 nitrogen and oxygen atoms in total. The molecule has 0 radical (unpaired) electrons. The minimum atomic E-state index is -4.42. The Labute approximate surface area is 184 Å². The number of halogens is 3. The molecule has 1 aromatic heterocycles. The summed E-state index contributed by atoms with van der Waals surface area (Å²) in [5, 5.41) is 4.69. The fourth-order valence-corrected chi connectivity index (χ4v) is 4.84. The maximum atomic E-state index is 12.9. The molecule has 1 aromatic carbocycles. The van der Waals surface area contributed by atoms with E-state index in [1.165, 1.54) is 22.6 Å². The predicted octanol–water partition coefficient (Wildman–Crippen LogP) is 5.48. The van der Waals surface area contributed by atoms with E-state index in [0.29, 0.717) is 12.1 Å². The van der Waals surface area contributed by atoms with Crippen LogP contribution in [-0.2, 0) is 28.7 Å². The summed E-state index contributed by atoms with van der Waals surface area (Å²) in [5.41, 5.74) is 0.854. The molecule has 2 amide bonds. The Morgan fingerprint density at radius 3 is 2.77 bits per heavy atom. The normalized spacial score (nSPS) is 16.1. The third-order valence-electron chi connectivity index (χ3n) is 5.56. The number of carbonyl (C=O) groups excluding carboxylic acids is 2. The van der Waals surface area contributed by atoms with E-state index in [0.717, 1.165) is 37.8 Å². The van der Waals surface area contributed by atoms with Crippen molar-refractivity contribution < 1.29 is 22.8 Å². The molecule has 1 aliphatic rings. The molecule has 1 aliphatic heterocycles. The summed E-state index contributed by atoms with van der Waals surface area (Å²) in [4.78, 5) is 28.3. The van der Waals surface area contributed by atoms with Gasteiger partial charge in [-0.25, -0.2) is 0 Å². The van der Waals surface area contributed by atoms with Gasteiger partial charge in [-0.2, -0.15) is 13.2 Å². The molecule has 8 heteroatoms. The Morgan fingerprint density at radius 2 is 2.03 bits per heavy atom. The first-order valence-corrected chi connectivity index (χ1v) is 11.5. The number of rotatable bonds is 8. The van der Waals surface area contributed by atoms with Crippen molar-refractivity contribution in [1.82, 2.24) is 10.2 Å².